The SMILES string of the molecule is CCCCCOc1ccc(Cc2ccc(NC3=NCCN3)cc2)cc1. The summed E-state index contributed by atoms with van der Waals surface area (Å²) in [6.45, 7) is 4.77. The Morgan fingerprint density at radius 2 is 1.72 bits per heavy atom. The van der Waals surface area contributed by atoms with Crippen molar-refractivity contribution in [3.8, 4) is 5.75 Å². The van der Waals surface area contributed by atoms with Crippen LogP contribution in [0.4, 0.5) is 5.69 Å². The van der Waals surface area contributed by atoms with Crippen molar-refractivity contribution in [1.82, 2.24) is 5.32 Å². The van der Waals surface area contributed by atoms with Crippen LogP contribution >= 0.6 is 0 Å². The van der Waals surface area contributed by atoms with Crippen LogP contribution in [0.5, 0.6) is 5.75 Å². The average Bonchev–Trinajstić information content (AvgIpc) is 3.15. The van der Waals surface area contributed by atoms with Gasteiger partial charge in [0.1, 0.15) is 5.75 Å². The second kappa shape index (κ2) is 9.11. The number of hydrogen-bond donors (Lipinski definition) is 2. The molecule has 25 heavy (non-hydrogen) atoms. The van der Waals surface area contributed by atoms with Crippen LogP contribution in [0.25, 0.3) is 0 Å². The Labute approximate surface area is 150 Å². The fourth-order valence-corrected chi connectivity index (χ4v) is 2.81. The van der Waals surface area contributed by atoms with E-state index >= 15 is 0 Å². The van der Waals surface area contributed by atoms with Crippen molar-refractivity contribution in [2.75, 3.05) is 25.0 Å². The molecule has 4 heteroatoms. The van der Waals surface area contributed by atoms with Gasteiger partial charge in [-0.3, -0.25) is 4.99 Å². The predicted molar refractivity (Wildman–Crippen MR) is 105 cm³/mol. The van der Waals surface area contributed by atoms with Crippen LogP contribution in [0, 0.1) is 0 Å². The lowest BCUT2D eigenvalue weighted by atomic mass is 10.0. The van der Waals surface area contributed by atoms with Gasteiger partial charge in [0.2, 0.25) is 0 Å². The number of anilines is 1. The topological polar surface area (TPSA) is 45.6 Å². The summed E-state index contributed by atoms with van der Waals surface area (Å²) in [5.41, 5.74) is 3.65. The molecule has 2 aromatic carbocycles. The molecule has 2 N–H and O–H groups in total. The van der Waals surface area contributed by atoms with Crippen molar-refractivity contribution in [2.45, 2.75) is 32.6 Å². The zero-order chi connectivity index (χ0) is 17.3. The van der Waals surface area contributed by atoms with E-state index in [9.17, 15) is 0 Å². The van der Waals surface area contributed by atoms with E-state index in [0.29, 0.717) is 0 Å². The number of benzene rings is 2. The minimum atomic E-state index is 0.807. The third-order valence-corrected chi connectivity index (χ3v) is 4.24. The lowest BCUT2D eigenvalue weighted by Crippen LogP contribution is -2.26. The van der Waals surface area contributed by atoms with Gasteiger partial charge in [-0.15, -0.1) is 0 Å². The first-order valence-electron chi connectivity index (χ1n) is 9.19. The van der Waals surface area contributed by atoms with Crippen molar-refractivity contribution in [2.24, 2.45) is 4.99 Å². The Kier molecular flexibility index (Phi) is 6.32. The van der Waals surface area contributed by atoms with Crippen molar-refractivity contribution >= 4 is 11.6 Å². The lowest BCUT2D eigenvalue weighted by Gasteiger charge is -2.09. The molecular weight excluding hydrogens is 310 g/mol. The maximum absolute atomic E-state index is 5.77. The third-order valence-electron chi connectivity index (χ3n) is 4.24. The van der Waals surface area contributed by atoms with Crippen LogP contribution in [-0.4, -0.2) is 25.7 Å². The molecule has 0 aromatic heterocycles. The first kappa shape index (κ1) is 17.3. The molecule has 1 aliphatic heterocycles. The van der Waals surface area contributed by atoms with E-state index in [1.165, 1.54) is 24.0 Å². The highest BCUT2D eigenvalue weighted by atomic mass is 16.5. The predicted octanol–water partition coefficient (Wildman–Crippen LogP) is 4.22. The summed E-state index contributed by atoms with van der Waals surface area (Å²) in [6, 6.07) is 17.0. The number of nitrogens with one attached hydrogen (secondary N) is 2. The van der Waals surface area contributed by atoms with Gasteiger partial charge in [-0.05, 0) is 48.2 Å². The van der Waals surface area contributed by atoms with Crippen molar-refractivity contribution in [3.05, 3.63) is 59.7 Å². The number of ether oxygens (including phenoxy) is 1. The Balaban J connectivity index is 1.49. The molecule has 0 amide bonds. The molecule has 1 heterocycles. The molecule has 0 saturated heterocycles. The Bertz CT molecular complexity index is 677. The summed E-state index contributed by atoms with van der Waals surface area (Å²) >= 11 is 0. The van der Waals surface area contributed by atoms with Gasteiger partial charge in [0.25, 0.3) is 0 Å². The fourth-order valence-electron chi connectivity index (χ4n) is 2.81. The molecule has 0 radical (unpaired) electrons. The summed E-state index contributed by atoms with van der Waals surface area (Å²) < 4.78 is 5.77. The molecule has 0 aliphatic carbocycles. The number of unbranched alkanes of at least 4 members (excludes halogenated alkanes) is 2. The van der Waals surface area contributed by atoms with Gasteiger partial charge in [0.05, 0.1) is 13.2 Å². The molecule has 0 bridgehead atoms. The van der Waals surface area contributed by atoms with E-state index in [1.54, 1.807) is 0 Å². The maximum atomic E-state index is 5.77. The molecule has 0 fully saturated rings. The molecule has 0 unspecified atom stereocenters. The first-order valence-corrected chi connectivity index (χ1v) is 9.19. The second-order valence-corrected chi connectivity index (χ2v) is 6.36. The van der Waals surface area contributed by atoms with Gasteiger partial charge in [-0.1, -0.05) is 44.0 Å². The van der Waals surface area contributed by atoms with Crippen molar-refractivity contribution in [1.29, 1.82) is 0 Å². The van der Waals surface area contributed by atoms with Crippen LogP contribution < -0.4 is 15.4 Å². The van der Waals surface area contributed by atoms with E-state index in [-0.39, 0.29) is 0 Å². The number of aliphatic imine (C=N–C) groups is 1. The van der Waals surface area contributed by atoms with Crippen molar-refractivity contribution < 1.29 is 4.74 Å². The fraction of sp³-hybridized carbons (Fsp3) is 0.381. The van der Waals surface area contributed by atoms with Gasteiger partial charge in [-0.2, -0.15) is 0 Å². The lowest BCUT2D eigenvalue weighted by molar-refractivity contribution is 0.306. The smallest absolute Gasteiger partial charge is 0.195 e. The largest absolute Gasteiger partial charge is 0.494 e. The summed E-state index contributed by atoms with van der Waals surface area (Å²) in [5.74, 6) is 1.83. The summed E-state index contributed by atoms with van der Waals surface area (Å²) in [7, 11) is 0. The summed E-state index contributed by atoms with van der Waals surface area (Å²) in [6.07, 6.45) is 4.50. The van der Waals surface area contributed by atoms with Crippen LogP contribution in [0.2, 0.25) is 0 Å². The number of rotatable bonds is 8. The van der Waals surface area contributed by atoms with Gasteiger partial charge in [0, 0.05) is 12.2 Å². The van der Waals surface area contributed by atoms with Crippen LogP contribution in [0.15, 0.2) is 53.5 Å². The van der Waals surface area contributed by atoms with Gasteiger partial charge < -0.3 is 15.4 Å². The van der Waals surface area contributed by atoms with Gasteiger partial charge >= 0.3 is 0 Å². The summed E-state index contributed by atoms with van der Waals surface area (Å²) in [4.78, 5) is 4.34. The zero-order valence-corrected chi connectivity index (χ0v) is 14.9. The van der Waals surface area contributed by atoms with E-state index in [1.807, 2.05) is 0 Å². The highest BCUT2D eigenvalue weighted by molar-refractivity contribution is 5.94. The van der Waals surface area contributed by atoms with E-state index in [2.05, 4.69) is 71.1 Å². The van der Waals surface area contributed by atoms with Crippen LogP contribution in [-0.2, 0) is 6.42 Å². The van der Waals surface area contributed by atoms with E-state index in [0.717, 1.165) is 49.9 Å². The summed E-state index contributed by atoms with van der Waals surface area (Å²) in [5, 5.41) is 6.50. The molecule has 132 valence electrons. The average molecular weight is 337 g/mol. The molecule has 2 aromatic rings. The number of nitrogens with zero attached hydrogens (tertiary/aromatic N) is 1. The minimum absolute atomic E-state index is 0.807. The van der Waals surface area contributed by atoms with E-state index in [4.69, 9.17) is 4.74 Å². The first-order chi connectivity index (χ1) is 12.3. The Morgan fingerprint density at radius 1 is 1.00 bits per heavy atom. The number of hydrogen-bond acceptors (Lipinski definition) is 4. The second-order valence-electron chi connectivity index (χ2n) is 6.36. The normalized spacial score (nSPS) is 13.2. The molecule has 3 rings (SSSR count). The Hall–Kier alpha value is -2.49. The molecule has 0 spiro atoms. The van der Waals surface area contributed by atoms with Gasteiger partial charge in [0.15, 0.2) is 5.96 Å². The minimum Gasteiger partial charge on any atom is -0.494 e. The molecular formula is C21H27N3O. The maximum Gasteiger partial charge on any atom is 0.195 e. The monoisotopic (exact) mass is 337 g/mol. The van der Waals surface area contributed by atoms with Crippen molar-refractivity contribution in [3.63, 3.8) is 0 Å². The highest BCUT2D eigenvalue weighted by Crippen LogP contribution is 2.17. The zero-order valence-electron chi connectivity index (χ0n) is 14.9. The standard InChI is InChI=1S/C21H27N3O/c1-2-3-4-15-25-20-11-7-18(8-12-20)16-17-5-9-19(10-6-17)24-21-22-13-14-23-21/h5-12H,2-4,13-16H2,1H3,(H2,22,23,24). The quantitative estimate of drug-likeness (QED) is 0.709. The van der Waals surface area contributed by atoms with Crippen LogP contribution in [0.1, 0.15) is 37.3 Å². The third kappa shape index (κ3) is 5.52. The molecule has 4 nitrogen and oxygen atoms in total. The highest BCUT2D eigenvalue weighted by Gasteiger charge is 2.05. The molecule has 0 atom stereocenters. The molecule has 0 saturated carbocycles. The number of guanidine groups is 1. The Morgan fingerprint density at radius 3 is 2.36 bits per heavy atom. The van der Waals surface area contributed by atoms with Crippen LogP contribution in [0.3, 0.4) is 0 Å². The van der Waals surface area contributed by atoms with Gasteiger partial charge in [-0.25, -0.2) is 0 Å². The molecule has 1 aliphatic rings. The van der Waals surface area contributed by atoms with E-state index < -0.39 is 0 Å².